The monoisotopic (exact) mass is 707 g/mol. The first-order chi connectivity index (χ1) is 23.9. The first-order valence-corrected chi connectivity index (χ1v) is 18.3. The van der Waals surface area contributed by atoms with Crippen molar-refractivity contribution in [1.82, 2.24) is 26.2 Å². The first kappa shape index (κ1) is 39.6. The van der Waals surface area contributed by atoms with Crippen molar-refractivity contribution in [2.24, 2.45) is 23.2 Å². The zero-order valence-electron chi connectivity index (χ0n) is 31.3. The standard InChI is InChI=1S/C39H57N5O7/c1-9-10-21-27(32(46)34(48)40-22-28(45)51-39(7,8)25-19-15-12-16-20-25)41-33(47)31-29-26(38(29,5)6)23-44(31)35(49)30(24-17-13-11-14-18-24)42-36(50)43-37(2,3)4/h9,12,15-16,19-20,24,26-27,29-31H,1,10-11,13-14,17-18,21-23H2,2-8H3,(H,40,48)(H,41,47)(H2,42,43,50)/t26-,27?,29-,30-,31-/m0/s1. The third-order valence-electron chi connectivity index (χ3n) is 10.7. The zero-order valence-corrected chi connectivity index (χ0v) is 31.3. The molecule has 12 heteroatoms. The van der Waals surface area contributed by atoms with Crippen LogP contribution in [-0.4, -0.2) is 77.2 Å². The van der Waals surface area contributed by atoms with E-state index in [-0.39, 0.29) is 35.5 Å². The number of hydrogen-bond donors (Lipinski definition) is 4. The molecule has 1 saturated heterocycles. The highest BCUT2D eigenvalue weighted by Gasteiger charge is 2.69. The number of nitrogens with one attached hydrogen (secondary N) is 4. The van der Waals surface area contributed by atoms with Gasteiger partial charge in [0, 0.05) is 12.1 Å². The molecule has 0 bridgehead atoms. The van der Waals surface area contributed by atoms with Gasteiger partial charge in [0.05, 0.1) is 6.04 Å². The number of urea groups is 1. The van der Waals surface area contributed by atoms with Crippen LogP contribution in [0.1, 0.15) is 99.0 Å². The van der Waals surface area contributed by atoms with Crippen LogP contribution in [0.2, 0.25) is 0 Å². The summed E-state index contributed by atoms with van der Waals surface area (Å²) in [6.07, 6.45) is 6.58. The van der Waals surface area contributed by atoms with E-state index in [0.29, 0.717) is 13.0 Å². The third-order valence-corrected chi connectivity index (χ3v) is 10.7. The molecule has 3 fully saturated rings. The quantitative estimate of drug-likeness (QED) is 0.128. The summed E-state index contributed by atoms with van der Waals surface area (Å²) < 4.78 is 5.58. The number of carbonyl (C=O) groups excluding carboxylic acids is 6. The minimum absolute atomic E-state index is 0.0683. The van der Waals surface area contributed by atoms with Gasteiger partial charge in [0.1, 0.15) is 24.2 Å². The van der Waals surface area contributed by atoms with Crippen LogP contribution in [0.15, 0.2) is 43.0 Å². The van der Waals surface area contributed by atoms with Crippen LogP contribution in [0, 0.1) is 23.2 Å². The number of ether oxygens (including phenoxy) is 1. The lowest BCUT2D eigenvalue weighted by atomic mass is 9.83. The molecule has 2 aliphatic carbocycles. The summed E-state index contributed by atoms with van der Waals surface area (Å²) in [4.78, 5) is 82.3. The van der Waals surface area contributed by atoms with Crippen LogP contribution >= 0.6 is 0 Å². The van der Waals surface area contributed by atoms with E-state index in [0.717, 1.165) is 37.7 Å². The molecule has 1 aromatic rings. The van der Waals surface area contributed by atoms with Crippen molar-refractivity contribution in [1.29, 1.82) is 0 Å². The molecular formula is C39H57N5O7. The van der Waals surface area contributed by atoms with Crippen molar-refractivity contribution in [2.75, 3.05) is 13.1 Å². The maximum absolute atomic E-state index is 14.4. The van der Waals surface area contributed by atoms with Crippen LogP contribution in [-0.2, 0) is 34.3 Å². The van der Waals surface area contributed by atoms with Crippen molar-refractivity contribution < 1.29 is 33.5 Å². The smallest absolute Gasteiger partial charge is 0.326 e. The van der Waals surface area contributed by atoms with E-state index >= 15 is 0 Å². The lowest BCUT2D eigenvalue weighted by molar-refractivity contribution is -0.157. The molecule has 280 valence electrons. The molecule has 0 aromatic heterocycles. The number of Topliss-reactive ketones (excluding diaryl/α,β-unsaturated/α-hetero) is 1. The van der Waals surface area contributed by atoms with E-state index in [2.05, 4.69) is 41.7 Å². The summed E-state index contributed by atoms with van der Waals surface area (Å²) >= 11 is 0. The molecule has 5 atom stereocenters. The Morgan fingerprint density at radius 2 is 1.63 bits per heavy atom. The molecule has 2 saturated carbocycles. The van der Waals surface area contributed by atoms with Crippen LogP contribution in [0.25, 0.3) is 0 Å². The van der Waals surface area contributed by atoms with Gasteiger partial charge in [0.25, 0.3) is 5.91 Å². The van der Waals surface area contributed by atoms with Crippen LogP contribution in [0.4, 0.5) is 4.79 Å². The van der Waals surface area contributed by atoms with Gasteiger partial charge in [-0.05, 0) is 89.0 Å². The van der Waals surface area contributed by atoms with Gasteiger partial charge in [-0.25, -0.2) is 4.79 Å². The molecular weight excluding hydrogens is 650 g/mol. The number of carbonyl (C=O) groups is 6. The third kappa shape index (κ3) is 9.77. The second kappa shape index (κ2) is 16.0. The number of nitrogens with zero attached hydrogens (tertiary/aromatic N) is 1. The Morgan fingerprint density at radius 1 is 0.980 bits per heavy atom. The number of piperidine rings is 1. The second-order valence-corrected chi connectivity index (χ2v) is 16.4. The van der Waals surface area contributed by atoms with Gasteiger partial charge < -0.3 is 30.9 Å². The predicted molar refractivity (Wildman–Crippen MR) is 193 cm³/mol. The van der Waals surface area contributed by atoms with E-state index in [1.807, 2.05) is 51.1 Å². The summed E-state index contributed by atoms with van der Waals surface area (Å²) in [5.74, 6) is -3.65. The summed E-state index contributed by atoms with van der Waals surface area (Å²) in [5.41, 5.74) is -0.914. The van der Waals surface area contributed by atoms with Crippen molar-refractivity contribution in [2.45, 2.75) is 123 Å². The van der Waals surface area contributed by atoms with Crippen LogP contribution < -0.4 is 21.3 Å². The Kier molecular flexibility index (Phi) is 12.4. The Bertz CT molecular complexity index is 1480. The number of allylic oxidation sites excluding steroid dienone is 1. The maximum Gasteiger partial charge on any atom is 0.326 e. The number of rotatable bonds is 14. The van der Waals surface area contributed by atoms with E-state index in [1.165, 1.54) is 0 Å². The first-order valence-electron chi connectivity index (χ1n) is 18.3. The molecule has 3 aliphatic rings. The molecule has 4 rings (SSSR count). The van der Waals surface area contributed by atoms with E-state index in [4.69, 9.17) is 4.74 Å². The highest BCUT2D eigenvalue weighted by Crippen LogP contribution is 2.65. The van der Waals surface area contributed by atoms with E-state index in [1.54, 1.807) is 24.8 Å². The predicted octanol–water partition coefficient (Wildman–Crippen LogP) is 4.13. The Balaban J connectivity index is 1.47. The van der Waals surface area contributed by atoms with Gasteiger partial charge in [-0.3, -0.25) is 24.0 Å². The van der Waals surface area contributed by atoms with Gasteiger partial charge in [0.15, 0.2) is 0 Å². The number of esters is 1. The average molecular weight is 708 g/mol. The topological polar surface area (TPSA) is 163 Å². The van der Waals surface area contributed by atoms with Gasteiger partial charge in [-0.15, -0.1) is 6.58 Å². The summed E-state index contributed by atoms with van der Waals surface area (Å²) in [6.45, 7) is 16.7. The summed E-state index contributed by atoms with van der Waals surface area (Å²) in [5, 5.41) is 11.0. The fourth-order valence-corrected chi connectivity index (χ4v) is 7.79. The largest absolute Gasteiger partial charge is 0.453 e. The van der Waals surface area contributed by atoms with Gasteiger partial charge in [0.2, 0.25) is 17.6 Å². The molecule has 0 spiro atoms. The number of likely N-dealkylation sites (tertiary alicyclic amines) is 1. The Hall–Kier alpha value is -4.22. The number of amides is 5. The maximum atomic E-state index is 14.4. The number of benzene rings is 1. The molecule has 0 radical (unpaired) electrons. The van der Waals surface area contributed by atoms with Crippen LogP contribution in [0.3, 0.4) is 0 Å². The molecule has 12 nitrogen and oxygen atoms in total. The molecule has 1 aliphatic heterocycles. The molecule has 51 heavy (non-hydrogen) atoms. The lowest BCUT2D eigenvalue weighted by Gasteiger charge is -2.37. The van der Waals surface area contributed by atoms with Crippen molar-refractivity contribution in [3.8, 4) is 0 Å². The van der Waals surface area contributed by atoms with E-state index < -0.39 is 65.4 Å². The minimum Gasteiger partial charge on any atom is -0.453 e. The number of fused-ring (bicyclic) bond motifs is 1. The highest BCUT2D eigenvalue weighted by atomic mass is 16.6. The van der Waals surface area contributed by atoms with Crippen molar-refractivity contribution in [3.05, 3.63) is 48.6 Å². The fourth-order valence-electron chi connectivity index (χ4n) is 7.79. The Labute approximate surface area is 302 Å². The number of ketones is 1. The molecule has 1 aromatic carbocycles. The SMILES string of the molecule is C=CCCC(NC(=O)[C@@H]1[C@@H]2[C@H](CN1C(=O)[C@@H](NC(=O)NC(C)(C)C)C1CCCCC1)C2(C)C)C(=O)C(=O)NCC(=O)OC(C)(C)c1ccccc1. The van der Waals surface area contributed by atoms with Gasteiger partial charge in [-0.2, -0.15) is 0 Å². The van der Waals surface area contributed by atoms with Gasteiger partial charge in [-0.1, -0.05) is 69.5 Å². The normalized spacial score (nSPS) is 22.4. The lowest BCUT2D eigenvalue weighted by Crippen LogP contribution is -2.61. The average Bonchev–Trinajstić information content (AvgIpc) is 3.37. The summed E-state index contributed by atoms with van der Waals surface area (Å²) in [7, 11) is 0. The molecule has 5 amide bonds. The minimum atomic E-state index is -1.21. The highest BCUT2D eigenvalue weighted by molar-refractivity contribution is 6.38. The molecule has 4 N–H and O–H groups in total. The summed E-state index contributed by atoms with van der Waals surface area (Å²) in [6, 6.07) is 5.81. The molecule has 1 heterocycles. The van der Waals surface area contributed by atoms with Crippen LogP contribution in [0.5, 0.6) is 0 Å². The fraction of sp³-hybridized carbons (Fsp3) is 0.641. The number of hydrogen-bond acceptors (Lipinski definition) is 7. The van der Waals surface area contributed by atoms with E-state index in [9.17, 15) is 28.8 Å². The van der Waals surface area contributed by atoms with Gasteiger partial charge >= 0.3 is 12.0 Å². The zero-order chi connectivity index (χ0) is 37.7. The van der Waals surface area contributed by atoms with Crippen molar-refractivity contribution in [3.63, 3.8) is 0 Å². The Morgan fingerprint density at radius 3 is 2.24 bits per heavy atom. The second-order valence-electron chi connectivity index (χ2n) is 16.4. The van der Waals surface area contributed by atoms with Crippen molar-refractivity contribution >= 4 is 35.5 Å². The molecule has 1 unspecified atom stereocenters.